The number of rotatable bonds is 6. The third kappa shape index (κ3) is 4.55. The molecule has 0 bridgehead atoms. The molecule has 2 unspecified atom stereocenters. The van der Waals surface area contributed by atoms with Crippen LogP contribution in [0.3, 0.4) is 0 Å². The van der Waals surface area contributed by atoms with Crippen molar-refractivity contribution in [2.45, 2.75) is 64.6 Å². The highest BCUT2D eigenvalue weighted by Gasteiger charge is 2.36. The molecule has 2 aromatic rings. The van der Waals surface area contributed by atoms with E-state index in [4.69, 9.17) is 0 Å². The van der Waals surface area contributed by atoms with Crippen LogP contribution in [0.25, 0.3) is 0 Å². The maximum Gasteiger partial charge on any atom is 0.272 e. The highest BCUT2D eigenvalue weighted by molar-refractivity contribution is 7.91. The van der Waals surface area contributed by atoms with Gasteiger partial charge in [0, 0.05) is 30.6 Å². The molecule has 4 rings (SSSR count). The zero-order chi connectivity index (χ0) is 20.8. The number of aromatic nitrogens is 4. The van der Waals surface area contributed by atoms with E-state index in [-0.39, 0.29) is 34.9 Å². The molecule has 29 heavy (non-hydrogen) atoms. The highest BCUT2D eigenvalue weighted by atomic mass is 32.2. The van der Waals surface area contributed by atoms with Gasteiger partial charge in [0.15, 0.2) is 9.84 Å². The number of carbonyl (C=O) groups is 1. The van der Waals surface area contributed by atoms with E-state index in [1.165, 1.54) is 0 Å². The number of amides is 1. The first-order valence-electron chi connectivity index (χ1n) is 10.2. The van der Waals surface area contributed by atoms with Gasteiger partial charge in [-0.3, -0.25) is 9.48 Å². The zero-order valence-corrected chi connectivity index (χ0v) is 18.0. The Balaban J connectivity index is 1.55. The van der Waals surface area contributed by atoms with E-state index in [0.717, 1.165) is 18.5 Å². The van der Waals surface area contributed by atoms with Crippen molar-refractivity contribution >= 4 is 15.7 Å². The molecular weight excluding hydrogens is 390 g/mol. The first-order chi connectivity index (χ1) is 13.6. The zero-order valence-electron chi connectivity index (χ0n) is 17.2. The Bertz CT molecular complexity index is 984. The monoisotopic (exact) mass is 419 g/mol. The fourth-order valence-corrected chi connectivity index (χ4v) is 5.53. The summed E-state index contributed by atoms with van der Waals surface area (Å²) in [7, 11) is -3.01. The molecule has 0 radical (unpaired) electrons. The Hall–Kier alpha value is -2.16. The van der Waals surface area contributed by atoms with Crippen molar-refractivity contribution in [3.63, 3.8) is 0 Å². The summed E-state index contributed by atoms with van der Waals surface area (Å²) in [6, 6.07) is 1.58. The molecule has 2 fully saturated rings. The first-order valence-corrected chi connectivity index (χ1v) is 12.0. The van der Waals surface area contributed by atoms with Gasteiger partial charge in [-0.1, -0.05) is 20.8 Å². The topological polar surface area (TPSA) is 98.9 Å². The number of hydrogen-bond donors (Lipinski definition) is 1. The lowest BCUT2D eigenvalue weighted by Gasteiger charge is -2.31. The minimum atomic E-state index is -3.01. The molecule has 1 saturated carbocycles. The van der Waals surface area contributed by atoms with E-state index in [0.29, 0.717) is 24.6 Å². The Morgan fingerprint density at radius 1 is 1.31 bits per heavy atom. The van der Waals surface area contributed by atoms with Crippen LogP contribution in [0.5, 0.6) is 0 Å². The lowest BCUT2D eigenvalue weighted by Crippen LogP contribution is -2.46. The highest BCUT2D eigenvalue weighted by Crippen LogP contribution is 2.42. The van der Waals surface area contributed by atoms with E-state index in [9.17, 15) is 13.2 Å². The average Bonchev–Trinajstić information content (AvgIpc) is 3.04. The average molecular weight is 420 g/mol. The standard InChI is InChI=1S/C20H29N5O3S/c1-20(2,3)18(11-24-8-7-21-13-24)22-19(26)16-10-17(14-4-5-14)25(23-16)15-6-9-29(27,28)12-15/h7-8,10,13-15,18H,4-6,9,11-12H2,1-3H3,(H,22,26). The van der Waals surface area contributed by atoms with Gasteiger partial charge in [0.2, 0.25) is 0 Å². The minimum absolute atomic E-state index is 0.106. The second-order valence-corrected chi connectivity index (χ2v) is 11.6. The summed E-state index contributed by atoms with van der Waals surface area (Å²) in [5.74, 6) is 0.476. The SMILES string of the molecule is CC(C)(C)C(Cn1ccnc1)NC(=O)c1cc(C2CC2)n(C2CCS(=O)(=O)C2)n1. The van der Waals surface area contributed by atoms with E-state index in [2.05, 4.69) is 36.2 Å². The van der Waals surface area contributed by atoms with Crippen LogP contribution >= 0.6 is 0 Å². The molecule has 8 nitrogen and oxygen atoms in total. The summed E-state index contributed by atoms with van der Waals surface area (Å²) in [6.45, 7) is 6.89. The van der Waals surface area contributed by atoms with E-state index >= 15 is 0 Å². The van der Waals surface area contributed by atoms with E-state index in [1.54, 1.807) is 12.5 Å². The number of sulfone groups is 1. The van der Waals surface area contributed by atoms with Crippen LogP contribution in [0.1, 0.15) is 68.2 Å². The molecule has 1 aliphatic heterocycles. The lowest BCUT2D eigenvalue weighted by atomic mass is 9.86. The molecule has 0 aromatic carbocycles. The predicted molar refractivity (Wildman–Crippen MR) is 109 cm³/mol. The van der Waals surface area contributed by atoms with Gasteiger partial charge in [-0.2, -0.15) is 5.10 Å². The number of nitrogens with one attached hydrogen (secondary N) is 1. The van der Waals surface area contributed by atoms with Gasteiger partial charge in [-0.05, 0) is 30.7 Å². The molecule has 9 heteroatoms. The van der Waals surface area contributed by atoms with Crippen LogP contribution in [0, 0.1) is 5.41 Å². The molecule has 1 amide bonds. The summed E-state index contributed by atoms with van der Waals surface area (Å²) in [4.78, 5) is 17.1. The van der Waals surface area contributed by atoms with Gasteiger partial charge in [0.1, 0.15) is 5.69 Å². The van der Waals surface area contributed by atoms with Crippen molar-refractivity contribution in [2.75, 3.05) is 11.5 Å². The van der Waals surface area contributed by atoms with Crippen LogP contribution in [-0.2, 0) is 16.4 Å². The summed E-state index contributed by atoms with van der Waals surface area (Å²) in [6.07, 6.45) is 8.04. The summed E-state index contributed by atoms with van der Waals surface area (Å²) >= 11 is 0. The van der Waals surface area contributed by atoms with Crippen LogP contribution < -0.4 is 5.32 Å². The van der Waals surface area contributed by atoms with Crippen LogP contribution in [-0.4, -0.2) is 51.2 Å². The molecule has 1 aliphatic carbocycles. The number of hydrogen-bond acceptors (Lipinski definition) is 5. The normalized spacial score (nSPS) is 22.5. The van der Waals surface area contributed by atoms with Gasteiger partial charge < -0.3 is 9.88 Å². The maximum atomic E-state index is 13.1. The smallest absolute Gasteiger partial charge is 0.272 e. The van der Waals surface area contributed by atoms with Crippen molar-refractivity contribution in [3.8, 4) is 0 Å². The van der Waals surface area contributed by atoms with Crippen LogP contribution in [0.2, 0.25) is 0 Å². The van der Waals surface area contributed by atoms with Crippen molar-refractivity contribution < 1.29 is 13.2 Å². The molecule has 2 aliphatic rings. The van der Waals surface area contributed by atoms with Crippen molar-refractivity contribution in [3.05, 3.63) is 36.2 Å². The Labute approximate surface area is 171 Å². The molecule has 0 spiro atoms. The largest absolute Gasteiger partial charge is 0.346 e. The molecule has 2 atom stereocenters. The molecule has 158 valence electrons. The number of carbonyl (C=O) groups excluding carboxylic acids is 1. The molecule has 1 N–H and O–H groups in total. The summed E-state index contributed by atoms with van der Waals surface area (Å²) < 4.78 is 27.6. The fourth-order valence-electron chi connectivity index (χ4n) is 3.84. The molecular formula is C20H29N5O3S. The van der Waals surface area contributed by atoms with Gasteiger partial charge in [-0.25, -0.2) is 13.4 Å². The number of imidazole rings is 1. The van der Waals surface area contributed by atoms with Crippen molar-refractivity contribution in [2.24, 2.45) is 5.41 Å². The summed E-state index contributed by atoms with van der Waals surface area (Å²) in [5, 5.41) is 7.71. The van der Waals surface area contributed by atoms with E-state index < -0.39 is 9.84 Å². The fraction of sp³-hybridized carbons (Fsp3) is 0.650. The third-order valence-electron chi connectivity index (χ3n) is 5.85. The Kier molecular flexibility index (Phi) is 5.04. The van der Waals surface area contributed by atoms with Gasteiger partial charge in [0.05, 0.1) is 29.9 Å². The first kappa shape index (κ1) is 20.1. The second-order valence-electron chi connectivity index (χ2n) is 9.38. The van der Waals surface area contributed by atoms with Crippen molar-refractivity contribution in [1.82, 2.24) is 24.6 Å². The molecule has 1 saturated heterocycles. The van der Waals surface area contributed by atoms with Crippen molar-refractivity contribution in [1.29, 1.82) is 0 Å². The van der Waals surface area contributed by atoms with Gasteiger partial charge >= 0.3 is 0 Å². The second kappa shape index (κ2) is 7.27. The summed E-state index contributed by atoms with van der Waals surface area (Å²) in [5.41, 5.74) is 1.22. The number of nitrogens with zero attached hydrogens (tertiary/aromatic N) is 4. The molecule has 3 heterocycles. The van der Waals surface area contributed by atoms with Crippen LogP contribution in [0.15, 0.2) is 24.8 Å². The van der Waals surface area contributed by atoms with E-state index in [1.807, 2.05) is 21.5 Å². The minimum Gasteiger partial charge on any atom is -0.346 e. The predicted octanol–water partition coefficient (Wildman–Crippen LogP) is 2.16. The Morgan fingerprint density at radius 3 is 2.62 bits per heavy atom. The van der Waals surface area contributed by atoms with Crippen LogP contribution in [0.4, 0.5) is 0 Å². The Morgan fingerprint density at radius 2 is 2.07 bits per heavy atom. The molecule has 2 aromatic heterocycles. The third-order valence-corrected chi connectivity index (χ3v) is 7.60. The quantitative estimate of drug-likeness (QED) is 0.774. The van der Waals surface area contributed by atoms with Gasteiger partial charge in [0.25, 0.3) is 5.91 Å². The van der Waals surface area contributed by atoms with Gasteiger partial charge in [-0.15, -0.1) is 0 Å². The maximum absolute atomic E-state index is 13.1. The lowest BCUT2D eigenvalue weighted by molar-refractivity contribution is 0.0886.